The summed E-state index contributed by atoms with van der Waals surface area (Å²) in [6.45, 7) is 3.51. The van der Waals surface area contributed by atoms with Crippen LogP contribution in [0.1, 0.15) is 24.2 Å². The fourth-order valence-electron chi connectivity index (χ4n) is 3.37. The molecule has 0 saturated carbocycles. The lowest BCUT2D eigenvalue weighted by Crippen LogP contribution is -2.42. The molecular weight excluding hydrogens is 294 g/mol. The van der Waals surface area contributed by atoms with Gasteiger partial charge in [-0.25, -0.2) is 4.98 Å². The number of nitrogens with one attached hydrogen (secondary N) is 2. The van der Waals surface area contributed by atoms with Gasteiger partial charge in [0.2, 0.25) is 6.79 Å². The molecule has 122 valence electrons. The van der Waals surface area contributed by atoms with Crippen LogP contribution in [0.2, 0.25) is 0 Å². The average Bonchev–Trinajstić information content (AvgIpc) is 3.26. The van der Waals surface area contributed by atoms with Gasteiger partial charge >= 0.3 is 0 Å². The maximum atomic E-state index is 5.59. The minimum Gasteiger partial charge on any atom is -0.454 e. The standard InChI is InChI=1S/C17H21N3O3/c1-2-14-15(23-12-22-14)9-13(1)17(3-7-21-8-4-17)11-18-10-16-19-5-6-20-16/h1-2,5-6,9,18H,3-4,7-8,10-12H2,(H,19,20). The highest BCUT2D eigenvalue weighted by Crippen LogP contribution is 2.40. The van der Waals surface area contributed by atoms with Gasteiger partial charge < -0.3 is 24.5 Å². The SMILES string of the molecule is c1c[nH]c(CNCC2(c3ccc4c(c3)OCO4)CCOCC2)n1. The maximum Gasteiger partial charge on any atom is 0.231 e. The fourth-order valence-corrected chi connectivity index (χ4v) is 3.37. The Bertz CT molecular complexity index is 651. The highest BCUT2D eigenvalue weighted by Gasteiger charge is 2.35. The van der Waals surface area contributed by atoms with Gasteiger partial charge in [-0.3, -0.25) is 0 Å². The van der Waals surface area contributed by atoms with E-state index in [-0.39, 0.29) is 5.41 Å². The van der Waals surface area contributed by atoms with Gasteiger partial charge in [0, 0.05) is 37.6 Å². The second-order valence-electron chi connectivity index (χ2n) is 6.10. The molecule has 0 unspecified atom stereocenters. The number of ether oxygens (including phenoxy) is 3. The van der Waals surface area contributed by atoms with Crippen molar-refractivity contribution in [3.63, 3.8) is 0 Å². The van der Waals surface area contributed by atoms with Crippen LogP contribution in [0.5, 0.6) is 11.5 Å². The number of aromatic amines is 1. The maximum absolute atomic E-state index is 5.59. The number of benzene rings is 1. The largest absolute Gasteiger partial charge is 0.454 e. The van der Waals surface area contributed by atoms with Crippen LogP contribution in [0.15, 0.2) is 30.6 Å². The Kier molecular flexibility index (Phi) is 3.93. The second kappa shape index (κ2) is 6.22. The van der Waals surface area contributed by atoms with E-state index in [4.69, 9.17) is 14.2 Å². The summed E-state index contributed by atoms with van der Waals surface area (Å²) in [5, 5.41) is 3.54. The highest BCUT2D eigenvalue weighted by atomic mass is 16.7. The highest BCUT2D eigenvalue weighted by molar-refractivity contribution is 5.47. The summed E-state index contributed by atoms with van der Waals surface area (Å²) in [4.78, 5) is 7.39. The normalized spacial score (nSPS) is 19.0. The van der Waals surface area contributed by atoms with E-state index in [0.29, 0.717) is 6.79 Å². The Balaban J connectivity index is 1.53. The zero-order valence-corrected chi connectivity index (χ0v) is 13.0. The van der Waals surface area contributed by atoms with Crippen molar-refractivity contribution in [2.24, 2.45) is 0 Å². The molecule has 6 nitrogen and oxygen atoms in total. The molecule has 4 rings (SSSR count). The van der Waals surface area contributed by atoms with Gasteiger partial charge in [-0.2, -0.15) is 0 Å². The molecule has 0 spiro atoms. The zero-order chi connectivity index (χ0) is 15.5. The van der Waals surface area contributed by atoms with Crippen molar-refractivity contribution in [3.8, 4) is 11.5 Å². The average molecular weight is 315 g/mol. The van der Waals surface area contributed by atoms with E-state index in [1.54, 1.807) is 6.20 Å². The molecule has 2 N–H and O–H groups in total. The van der Waals surface area contributed by atoms with Gasteiger partial charge in [0.15, 0.2) is 11.5 Å². The van der Waals surface area contributed by atoms with Crippen molar-refractivity contribution < 1.29 is 14.2 Å². The van der Waals surface area contributed by atoms with Gasteiger partial charge in [-0.1, -0.05) is 6.07 Å². The molecule has 0 amide bonds. The van der Waals surface area contributed by atoms with Crippen molar-refractivity contribution in [1.29, 1.82) is 0 Å². The first kappa shape index (κ1) is 14.5. The van der Waals surface area contributed by atoms with Crippen molar-refractivity contribution >= 4 is 0 Å². The van der Waals surface area contributed by atoms with Crippen LogP contribution < -0.4 is 14.8 Å². The molecule has 6 heteroatoms. The lowest BCUT2D eigenvalue weighted by Gasteiger charge is -2.38. The lowest BCUT2D eigenvalue weighted by atomic mass is 9.74. The molecule has 0 aliphatic carbocycles. The van der Waals surface area contributed by atoms with Crippen LogP contribution in [0.3, 0.4) is 0 Å². The Morgan fingerprint density at radius 3 is 2.87 bits per heavy atom. The Labute approximate surface area is 135 Å². The Morgan fingerprint density at radius 1 is 1.17 bits per heavy atom. The van der Waals surface area contributed by atoms with E-state index < -0.39 is 0 Å². The van der Waals surface area contributed by atoms with Crippen LogP contribution in [0.4, 0.5) is 0 Å². The summed E-state index contributed by atoms with van der Waals surface area (Å²) in [6, 6.07) is 6.30. The summed E-state index contributed by atoms with van der Waals surface area (Å²) in [6.07, 6.45) is 5.62. The number of imidazole rings is 1. The summed E-state index contributed by atoms with van der Waals surface area (Å²) < 4.78 is 16.6. The summed E-state index contributed by atoms with van der Waals surface area (Å²) in [7, 11) is 0. The van der Waals surface area contributed by atoms with Crippen LogP contribution >= 0.6 is 0 Å². The first-order valence-electron chi connectivity index (χ1n) is 8.03. The number of hydrogen-bond donors (Lipinski definition) is 2. The predicted octanol–water partition coefficient (Wildman–Crippen LogP) is 1.98. The summed E-state index contributed by atoms with van der Waals surface area (Å²) in [5.74, 6) is 2.64. The Hall–Kier alpha value is -2.05. The van der Waals surface area contributed by atoms with Crippen LogP contribution in [-0.2, 0) is 16.7 Å². The van der Waals surface area contributed by atoms with E-state index in [9.17, 15) is 0 Å². The van der Waals surface area contributed by atoms with Crippen LogP contribution in [-0.4, -0.2) is 36.5 Å². The van der Waals surface area contributed by atoms with Gasteiger partial charge in [-0.05, 0) is 30.5 Å². The number of H-pyrrole nitrogens is 1. The monoisotopic (exact) mass is 315 g/mol. The molecule has 0 bridgehead atoms. The van der Waals surface area contributed by atoms with Crippen molar-refractivity contribution in [3.05, 3.63) is 42.0 Å². The first-order chi connectivity index (χ1) is 11.4. The quantitative estimate of drug-likeness (QED) is 0.883. The number of fused-ring (bicyclic) bond motifs is 1. The molecule has 1 fully saturated rings. The lowest BCUT2D eigenvalue weighted by molar-refractivity contribution is 0.0496. The zero-order valence-electron chi connectivity index (χ0n) is 13.0. The predicted molar refractivity (Wildman–Crippen MR) is 84.6 cm³/mol. The number of hydrogen-bond acceptors (Lipinski definition) is 5. The molecule has 1 aromatic carbocycles. The smallest absolute Gasteiger partial charge is 0.231 e. The van der Waals surface area contributed by atoms with Crippen molar-refractivity contribution in [1.82, 2.24) is 15.3 Å². The fraction of sp³-hybridized carbons (Fsp3) is 0.471. The molecule has 0 atom stereocenters. The topological polar surface area (TPSA) is 68.4 Å². The molecule has 0 radical (unpaired) electrons. The van der Waals surface area contributed by atoms with Crippen LogP contribution in [0, 0.1) is 0 Å². The van der Waals surface area contributed by atoms with Gasteiger partial charge in [0.05, 0.1) is 6.54 Å². The molecule has 2 aliphatic rings. The van der Waals surface area contributed by atoms with Crippen molar-refractivity contribution in [2.45, 2.75) is 24.8 Å². The molecule has 3 heterocycles. The van der Waals surface area contributed by atoms with Gasteiger partial charge in [0.1, 0.15) is 5.82 Å². The van der Waals surface area contributed by atoms with Crippen LogP contribution in [0.25, 0.3) is 0 Å². The molecule has 1 saturated heterocycles. The van der Waals surface area contributed by atoms with E-state index in [0.717, 1.165) is 56.5 Å². The third-order valence-electron chi connectivity index (χ3n) is 4.75. The van der Waals surface area contributed by atoms with E-state index in [1.165, 1.54) is 5.56 Å². The molecular formula is C17H21N3O3. The third kappa shape index (κ3) is 2.92. The molecule has 23 heavy (non-hydrogen) atoms. The third-order valence-corrected chi connectivity index (χ3v) is 4.75. The van der Waals surface area contributed by atoms with Gasteiger partial charge in [0.25, 0.3) is 0 Å². The Morgan fingerprint density at radius 2 is 2.04 bits per heavy atom. The molecule has 2 aliphatic heterocycles. The van der Waals surface area contributed by atoms with E-state index in [1.807, 2.05) is 12.3 Å². The molecule has 1 aromatic heterocycles. The number of rotatable bonds is 5. The number of nitrogens with zero attached hydrogens (tertiary/aromatic N) is 1. The summed E-state index contributed by atoms with van der Waals surface area (Å²) in [5.41, 5.74) is 1.35. The molecule has 2 aromatic rings. The minimum atomic E-state index is 0.0613. The summed E-state index contributed by atoms with van der Waals surface area (Å²) >= 11 is 0. The van der Waals surface area contributed by atoms with E-state index in [2.05, 4.69) is 27.4 Å². The first-order valence-corrected chi connectivity index (χ1v) is 8.03. The van der Waals surface area contributed by atoms with Gasteiger partial charge in [-0.15, -0.1) is 0 Å². The minimum absolute atomic E-state index is 0.0613. The second-order valence-corrected chi connectivity index (χ2v) is 6.10. The van der Waals surface area contributed by atoms with E-state index >= 15 is 0 Å². The van der Waals surface area contributed by atoms with Crippen molar-refractivity contribution in [2.75, 3.05) is 26.6 Å². The number of aromatic nitrogens is 2.